The van der Waals surface area contributed by atoms with Gasteiger partial charge in [-0.3, -0.25) is 0 Å². The number of rotatable bonds is 4. The smallest absolute Gasteiger partial charge is 0.172 e. The van der Waals surface area contributed by atoms with Crippen LogP contribution in [0.5, 0.6) is 11.5 Å². The average Bonchev–Trinajstić information content (AvgIpc) is 2.31. The molecule has 2 rings (SSSR count). The molecule has 98 valence electrons. The summed E-state index contributed by atoms with van der Waals surface area (Å²) in [6.45, 7) is 3.46. The first-order valence-electron chi connectivity index (χ1n) is 6.07. The van der Waals surface area contributed by atoms with E-state index in [1.165, 1.54) is 12.5 Å². The lowest BCUT2D eigenvalue weighted by molar-refractivity contribution is 0.191. The maximum Gasteiger partial charge on any atom is 0.172 e. The fourth-order valence-corrected chi connectivity index (χ4v) is 2.05. The molecule has 2 N–H and O–H groups in total. The minimum Gasteiger partial charge on any atom is -0.458 e. The molecule has 0 radical (unpaired) electrons. The minimum atomic E-state index is -0.439. The molecule has 4 nitrogen and oxygen atoms in total. The minimum absolute atomic E-state index is 0.439. The second kappa shape index (κ2) is 5.42. The SMILES string of the molecule is CC(O)Cc1ccc(CC(C)O)c2c1OC=CO2. The van der Waals surface area contributed by atoms with Crippen LogP contribution in [0.2, 0.25) is 0 Å². The Labute approximate surface area is 106 Å². The van der Waals surface area contributed by atoms with Crippen LogP contribution >= 0.6 is 0 Å². The molecule has 4 heteroatoms. The van der Waals surface area contributed by atoms with Gasteiger partial charge in [-0.25, -0.2) is 0 Å². The third-order valence-corrected chi connectivity index (χ3v) is 2.73. The van der Waals surface area contributed by atoms with Gasteiger partial charge in [0.05, 0.1) is 12.2 Å². The first-order valence-corrected chi connectivity index (χ1v) is 6.07. The molecular weight excluding hydrogens is 232 g/mol. The van der Waals surface area contributed by atoms with E-state index in [4.69, 9.17) is 9.47 Å². The normalized spacial score (nSPS) is 16.4. The Morgan fingerprint density at radius 2 is 1.28 bits per heavy atom. The monoisotopic (exact) mass is 250 g/mol. The summed E-state index contributed by atoms with van der Waals surface area (Å²) in [7, 11) is 0. The number of aliphatic hydroxyl groups is 2. The van der Waals surface area contributed by atoms with Gasteiger partial charge in [0.15, 0.2) is 11.5 Å². The summed E-state index contributed by atoms with van der Waals surface area (Å²) < 4.78 is 11.0. The van der Waals surface area contributed by atoms with Crippen molar-refractivity contribution in [1.82, 2.24) is 0 Å². The number of ether oxygens (including phenoxy) is 2. The van der Waals surface area contributed by atoms with Crippen LogP contribution in [0.4, 0.5) is 0 Å². The van der Waals surface area contributed by atoms with E-state index in [-0.39, 0.29) is 0 Å². The van der Waals surface area contributed by atoms with Crippen LogP contribution in [0.15, 0.2) is 24.7 Å². The molecule has 1 aromatic carbocycles. The Bertz CT molecular complexity index is 408. The van der Waals surface area contributed by atoms with Crippen LogP contribution in [-0.4, -0.2) is 22.4 Å². The van der Waals surface area contributed by atoms with E-state index < -0.39 is 12.2 Å². The van der Waals surface area contributed by atoms with Gasteiger partial charge < -0.3 is 19.7 Å². The molecule has 0 spiro atoms. The molecule has 0 aliphatic carbocycles. The van der Waals surface area contributed by atoms with E-state index in [0.29, 0.717) is 24.3 Å². The lowest BCUT2D eigenvalue weighted by Gasteiger charge is -2.20. The third-order valence-electron chi connectivity index (χ3n) is 2.73. The maximum atomic E-state index is 9.47. The summed E-state index contributed by atoms with van der Waals surface area (Å²) in [5, 5.41) is 18.9. The van der Waals surface area contributed by atoms with Gasteiger partial charge in [0.25, 0.3) is 0 Å². The van der Waals surface area contributed by atoms with Crippen LogP contribution in [0, 0.1) is 0 Å². The van der Waals surface area contributed by atoms with E-state index in [2.05, 4.69) is 0 Å². The summed E-state index contributed by atoms with van der Waals surface area (Å²) in [5.41, 5.74) is 1.80. The zero-order valence-corrected chi connectivity index (χ0v) is 10.6. The molecule has 1 aliphatic heterocycles. The highest BCUT2D eigenvalue weighted by Gasteiger charge is 2.19. The molecule has 2 unspecified atom stereocenters. The van der Waals surface area contributed by atoms with Crippen molar-refractivity contribution in [3.05, 3.63) is 35.8 Å². The predicted molar refractivity (Wildman–Crippen MR) is 67.6 cm³/mol. The number of fused-ring (bicyclic) bond motifs is 1. The summed E-state index contributed by atoms with van der Waals surface area (Å²) in [4.78, 5) is 0. The van der Waals surface area contributed by atoms with Crippen LogP contribution in [0.25, 0.3) is 0 Å². The standard InChI is InChI=1S/C14H18O4/c1-9(15)7-11-3-4-12(8-10(2)16)14-13(11)17-5-6-18-14/h3-6,9-10,15-16H,7-8H2,1-2H3. The van der Waals surface area contributed by atoms with Gasteiger partial charge in [0.2, 0.25) is 0 Å². The van der Waals surface area contributed by atoms with Gasteiger partial charge in [-0.15, -0.1) is 0 Å². The van der Waals surface area contributed by atoms with Crippen molar-refractivity contribution >= 4 is 0 Å². The van der Waals surface area contributed by atoms with Gasteiger partial charge in [-0.05, 0) is 13.8 Å². The summed E-state index contributed by atoms with van der Waals surface area (Å²) in [6.07, 6.45) is 3.08. The molecule has 0 amide bonds. The van der Waals surface area contributed by atoms with Crippen molar-refractivity contribution in [3.63, 3.8) is 0 Å². The first-order chi connectivity index (χ1) is 8.58. The zero-order valence-electron chi connectivity index (χ0n) is 10.6. The van der Waals surface area contributed by atoms with E-state index in [9.17, 15) is 10.2 Å². The highest BCUT2D eigenvalue weighted by Crippen LogP contribution is 2.38. The summed E-state index contributed by atoms with van der Waals surface area (Å²) >= 11 is 0. The quantitative estimate of drug-likeness (QED) is 0.855. The fourth-order valence-electron chi connectivity index (χ4n) is 2.05. The van der Waals surface area contributed by atoms with Gasteiger partial charge in [0.1, 0.15) is 12.5 Å². The Morgan fingerprint density at radius 3 is 1.61 bits per heavy atom. The molecule has 1 heterocycles. The van der Waals surface area contributed by atoms with Crippen molar-refractivity contribution in [3.8, 4) is 11.5 Å². The Kier molecular flexibility index (Phi) is 3.89. The van der Waals surface area contributed by atoms with Crippen molar-refractivity contribution in [1.29, 1.82) is 0 Å². The molecule has 1 aromatic rings. The fraction of sp³-hybridized carbons (Fsp3) is 0.429. The first kappa shape index (κ1) is 12.9. The Balaban J connectivity index is 2.37. The van der Waals surface area contributed by atoms with E-state index in [1.54, 1.807) is 13.8 Å². The average molecular weight is 250 g/mol. The molecule has 0 aromatic heterocycles. The number of hydrogen-bond acceptors (Lipinski definition) is 4. The van der Waals surface area contributed by atoms with E-state index in [0.717, 1.165) is 11.1 Å². The highest BCUT2D eigenvalue weighted by atomic mass is 16.5. The molecule has 0 saturated carbocycles. The largest absolute Gasteiger partial charge is 0.458 e. The van der Waals surface area contributed by atoms with Crippen LogP contribution in [-0.2, 0) is 12.8 Å². The Hall–Kier alpha value is -1.52. The van der Waals surface area contributed by atoms with E-state index >= 15 is 0 Å². The van der Waals surface area contributed by atoms with Crippen LogP contribution in [0.3, 0.4) is 0 Å². The zero-order chi connectivity index (χ0) is 13.1. The Morgan fingerprint density at radius 1 is 0.889 bits per heavy atom. The second-order valence-electron chi connectivity index (χ2n) is 4.66. The molecule has 18 heavy (non-hydrogen) atoms. The predicted octanol–water partition coefficient (Wildman–Crippen LogP) is 1.78. The van der Waals surface area contributed by atoms with Gasteiger partial charge >= 0.3 is 0 Å². The van der Waals surface area contributed by atoms with Crippen molar-refractivity contribution in [2.24, 2.45) is 0 Å². The second-order valence-corrected chi connectivity index (χ2v) is 4.66. The molecule has 0 fully saturated rings. The number of benzene rings is 1. The highest BCUT2D eigenvalue weighted by molar-refractivity contribution is 5.54. The lowest BCUT2D eigenvalue weighted by Crippen LogP contribution is -2.11. The summed E-state index contributed by atoms with van der Waals surface area (Å²) in [5.74, 6) is 1.27. The van der Waals surface area contributed by atoms with E-state index in [1.807, 2.05) is 12.1 Å². The van der Waals surface area contributed by atoms with Crippen LogP contribution in [0.1, 0.15) is 25.0 Å². The van der Waals surface area contributed by atoms with Gasteiger partial charge in [0, 0.05) is 24.0 Å². The van der Waals surface area contributed by atoms with Crippen molar-refractivity contribution in [2.45, 2.75) is 38.9 Å². The molecule has 1 aliphatic rings. The third kappa shape index (κ3) is 2.83. The molecule has 0 bridgehead atoms. The topological polar surface area (TPSA) is 58.9 Å². The molecular formula is C14H18O4. The van der Waals surface area contributed by atoms with Gasteiger partial charge in [-0.1, -0.05) is 12.1 Å². The van der Waals surface area contributed by atoms with Crippen molar-refractivity contribution in [2.75, 3.05) is 0 Å². The number of aliphatic hydroxyl groups excluding tert-OH is 2. The van der Waals surface area contributed by atoms with Crippen LogP contribution < -0.4 is 9.47 Å². The lowest BCUT2D eigenvalue weighted by atomic mass is 10.0. The van der Waals surface area contributed by atoms with Crippen molar-refractivity contribution < 1.29 is 19.7 Å². The number of hydrogen-bond donors (Lipinski definition) is 2. The van der Waals surface area contributed by atoms with Gasteiger partial charge in [-0.2, -0.15) is 0 Å². The molecule has 0 saturated heterocycles. The molecule has 2 atom stereocenters. The maximum absolute atomic E-state index is 9.47. The summed E-state index contributed by atoms with van der Waals surface area (Å²) in [6, 6.07) is 3.82.